The third-order valence-electron chi connectivity index (χ3n) is 6.64. The maximum absolute atomic E-state index is 13.4. The van der Waals surface area contributed by atoms with Gasteiger partial charge in [0, 0.05) is 18.8 Å². The highest BCUT2D eigenvalue weighted by Crippen LogP contribution is 2.36. The zero-order valence-electron chi connectivity index (χ0n) is 21.4. The van der Waals surface area contributed by atoms with Gasteiger partial charge in [-0.1, -0.05) is 55.4 Å². The smallest absolute Gasteiger partial charge is 0.309 e. The first-order valence-corrected chi connectivity index (χ1v) is 12.2. The molecule has 0 aromatic carbocycles. The van der Waals surface area contributed by atoms with Crippen molar-refractivity contribution in [1.82, 2.24) is 0 Å². The molecule has 1 fully saturated rings. The third kappa shape index (κ3) is 10.3. The summed E-state index contributed by atoms with van der Waals surface area (Å²) < 4.78 is 6.26. The van der Waals surface area contributed by atoms with Crippen molar-refractivity contribution in [3.05, 3.63) is 0 Å². The van der Waals surface area contributed by atoms with Crippen LogP contribution in [0, 0.1) is 34.5 Å². The Kier molecular flexibility index (Phi) is 9.71. The number of quaternary nitrogens is 1. The van der Waals surface area contributed by atoms with Gasteiger partial charge in [0.15, 0.2) is 0 Å². The van der Waals surface area contributed by atoms with Gasteiger partial charge in [-0.25, -0.2) is 0 Å². The van der Waals surface area contributed by atoms with Gasteiger partial charge in [0.2, 0.25) is 0 Å². The monoisotopic (exact) mass is 410 g/mol. The summed E-state index contributed by atoms with van der Waals surface area (Å²) >= 11 is 0. The average molecular weight is 411 g/mol. The molecule has 1 rings (SSSR count). The highest BCUT2D eigenvalue weighted by atomic mass is 16.6. The Morgan fingerprint density at radius 1 is 0.897 bits per heavy atom. The molecule has 0 aromatic heterocycles. The lowest BCUT2D eigenvalue weighted by Gasteiger charge is -2.38. The van der Waals surface area contributed by atoms with Crippen molar-refractivity contribution in [3.8, 4) is 0 Å². The molecule has 0 aromatic rings. The molecule has 0 spiro atoms. The number of hydrogen-bond acceptors (Lipinski definition) is 2. The Morgan fingerprint density at radius 2 is 1.41 bits per heavy atom. The molecular formula is C26H52NO2+. The van der Waals surface area contributed by atoms with Crippen molar-refractivity contribution in [3.63, 3.8) is 0 Å². The van der Waals surface area contributed by atoms with E-state index in [1.54, 1.807) is 0 Å². The minimum Gasteiger partial charge on any atom is -0.459 e. The van der Waals surface area contributed by atoms with E-state index in [1.165, 1.54) is 6.42 Å². The van der Waals surface area contributed by atoms with E-state index in [9.17, 15) is 4.79 Å². The minimum atomic E-state index is -0.359. The van der Waals surface area contributed by atoms with Crippen molar-refractivity contribution in [2.45, 2.75) is 113 Å². The topological polar surface area (TPSA) is 42.9 Å². The van der Waals surface area contributed by atoms with Gasteiger partial charge in [-0.15, -0.1) is 0 Å². The van der Waals surface area contributed by atoms with E-state index in [1.807, 2.05) is 0 Å². The summed E-state index contributed by atoms with van der Waals surface area (Å²) in [5.41, 5.74) is 0.207. The summed E-state index contributed by atoms with van der Waals surface area (Å²) in [4.78, 5) is 13.4. The van der Waals surface area contributed by atoms with Gasteiger partial charge in [0.25, 0.3) is 0 Å². The summed E-state index contributed by atoms with van der Waals surface area (Å²) in [6.07, 6.45) is 6.59. The van der Waals surface area contributed by atoms with Crippen LogP contribution in [-0.2, 0) is 9.53 Å². The summed E-state index contributed by atoms with van der Waals surface area (Å²) in [5.74, 6) is 1.51. The number of nitrogens with two attached hydrogens (primary N) is 1. The number of piperidine rings is 1. The van der Waals surface area contributed by atoms with Gasteiger partial charge in [-0.05, 0) is 62.2 Å². The van der Waals surface area contributed by atoms with E-state index in [-0.39, 0.29) is 22.9 Å². The minimum absolute atomic E-state index is 0.00562. The SMILES string of the molecule is CC(CCC(C(=O)OC(C)(C)C1CC[NH2+]CC1)C(C)CC(C)(C)C)CC(C)(C)C. The Balaban J connectivity index is 2.83. The lowest BCUT2D eigenvalue weighted by atomic mass is 9.76. The van der Waals surface area contributed by atoms with Gasteiger partial charge in [0.05, 0.1) is 19.0 Å². The van der Waals surface area contributed by atoms with E-state index in [4.69, 9.17) is 4.74 Å². The van der Waals surface area contributed by atoms with Crippen LogP contribution in [0.5, 0.6) is 0 Å². The zero-order valence-corrected chi connectivity index (χ0v) is 21.4. The third-order valence-corrected chi connectivity index (χ3v) is 6.64. The molecule has 3 unspecified atom stereocenters. The van der Waals surface area contributed by atoms with Crippen LogP contribution >= 0.6 is 0 Å². The maximum atomic E-state index is 13.4. The van der Waals surface area contributed by atoms with Crippen molar-refractivity contribution in [1.29, 1.82) is 0 Å². The Morgan fingerprint density at radius 3 is 1.90 bits per heavy atom. The number of hydrogen-bond donors (Lipinski definition) is 1. The lowest BCUT2D eigenvalue weighted by Crippen LogP contribution is -2.86. The highest BCUT2D eigenvalue weighted by Gasteiger charge is 2.38. The zero-order chi connectivity index (χ0) is 22.5. The first-order valence-electron chi connectivity index (χ1n) is 12.2. The predicted molar refractivity (Wildman–Crippen MR) is 124 cm³/mol. The second-order valence-corrected chi connectivity index (χ2v) is 13.0. The fourth-order valence-electron chi connectivity index (χ4n) is 5.39. The molecule has 0 saturated carbocycles. The van der Waals surface area contributed by atoms with E-state index in [0.717, 1.165) is 45.2 Å². The molecule has 0 radical (unpaired) electrons. The molecule has 2 N–H and O–H groups in total. The van der Waals surface area contributed by atoms with Crippen LogP contribution in [0.4, 0.5) is 0 Å². The molecule has 1 aliphatic heterocycles. The molecule has 29 heavy (non-hydrogen) atoms. The van der Waals surface area contributed by atoms with Crippen molar-refractivity contribution < 1.29 is 14.8 Å². The van der Waals surface area contributed by atoms with Gasteiger partial charge < -0.3 is 10.1 Å². The normalized spacial score (nSPS) is 20.2. The number of rotatable bonds is 9. The number of carbonyl (C=O) groups excluding carboxylic acids is 1. The molecule has 172 valence electrons. The van der Waals surface area contributed by atoms with Crippen LogP contribution in [0.3, 0.4) is 0 Å². The summed E-state index contributed by atoms with van der Waals surface area (Å²) in [6.45, 7) is 24.9. The van der Waals surface area contributed by atoms with Crippen LogP contribution in [0.15, 0.2) is 0 Å². The first kappa shape index (κ1) is 26.5. The highest BCUT2D eigenvalue weighted by molar-refractivity contribution is 5.73. The molecule has 3 heteroatoms. The molecule has 1 heterocycles. The van der Waals surface area contributed by atoms with Crippen molar-refractivity contribution in [2.75, 3.05) is 13.1 Å². The van der Waals surface area contributed by atoms with Crippen LogP contribution in [0.1, 0.15) is 108 Å². The standard InChI is InChI=1S/C26H51NO2/c1-19(17-24(3,4)5)11-12-22(20(2)18-25(6,7)8)23(28)29-26(9,10)21-13-15-27-16-14-21/h19-22,27H,11-18H2,1-10H3/p+1. The van der Waals surface area contributed by atoms with Gasteiger partial charge >= 0.3 is 5.97 Å². The Bertz CT molecular complexity index is 492. The first-order chi connectivity index (χ1) is 13.1. The van der Waals surface area contributed by atoms with Crippen LogP contribution in [0.2, 0.25) is 0 Å². The molecular weight excluding hydrogens is 358 g/mol. The van der Waals surface area contributed by atoms with Crippen LogP contribution in [-0.4, -0.2) is 24.7 Å². The molecule has 1 saturated heterocycles. The van der Waals surface area contributed by atoms with Gasteiger partial charge in [-0.2, -0.15) is 0 Å². The summed E-state index contributed by atoms with van der Waals surface area (Å²) in [7, 11) is 0. The summed E-state index contributed by atoms with van der Waals surface area (Å²) in [5, 5.41) is 2.37. The quantitative estimate of drug-likeness (QED) is 0.486. The number of carbonyl (C=O) groups is 1. The van der Waals surface area contributed by atoms with Gasteiger partial charge in [-0.3, -0.25) is 4.79 Å². The Hall–Kier alpha value is -0.570. The lowest BCUT2D eigenvalue weighted by molar-refractivity contribution is -0.665. The summed E-state index contributed by atoms with van der Waals surface area (Å²) in [6, 6.07) is 0. The second-order valence-electron chi connectivity index (χ2n) is 13.0. The molecule has 3 nitrogen and oxygen atoms in total. The average Bonchev–Trinajstić information content (AvgIpc) is 2.52. The molecule has 0 aliphatic carbocycles. The Labute approximate surface area is 182 Å². The fourth-order valence-corrected chi connectivity index (χ4v) is 5.39. The van der Waals surface area contributed by atoms with Crippen LogP contribution < -0.4 is 5.32 Å². The molecule has 0 bridgehead atoms. The van der Waals surface area contributed by atoms with E-state index >= 15 is 0 Å². The fraction of sp³-hybridized carbons (Fsp3) is 0.962. The number of esters is 1. The number of ether oxygens (including phenoxy) is 1. The predicted octanol–water partition coefficient (Wildman–Crippen LogP) is 5.82. The molecule has 1 aliphatic rings. The molecule has 3 atom stereocenters. The van der Waals surface area contributed by atoms with E-state index < -0.39 is 0 Å². The van der Waals surface area contributed by atoms with Crippen molar-refractivity contribution >= 4 is 5.97 Å². The largest absolute Gasteiger partial charge is 0.459 e. The maximum Gasteiger partial charge on any atom is 0.309 e. The van der Waals surface area contributed by atoms with E-state index in [0.29, 0.717) is 23.2 Å². The van der Waals surface area contributed by atoms with Crippen molar-refractivity contribution in [2.24, 2.45) is 34.5 Å². The van der Waals surface area contributed by atoms with Gasteiger partial charge in [0.1, 0.15) is 5.60 Å². The van der Waals surface area contributed by atoms with Crippen LogP contribution in [0.25, 0.3) is 0 Å². The second kappa shape index (κ2) is 10.6. The molecule has 0 amide bonds. The van der Waals surface area contributed by atoms with E-state index in [2.05, 4.69) is 74.6 Å².